The van der Waals surface area contributed by atoms with Crippen molar-refractivity contribution in [1.29, 1.82) is 0 Å². The fraction of sp³-hybridized carbons (Fsp3) is 0.154. The maximum atomic E-state index is 13.4. The minimum atomic E-state index is -0.346. The Balaban J connectivity index is 1.93. The number of carbonyl (C=O) groups excluding carboxylic acids is 1. The zero-order chi connectivity index (χ0) is 22.7. The van der Waals surface area contributed by atoms with E-state index in [1.165, 1.54) is 7.11 Å². The van der Waals surface area contributed by atoms with Crippen LogP contribution in [-0.2, 0) is 6.54 Å². The maximum Gasteiger partial charge on any atom is 0.200 e. The Hall–Kier alpha value is -4.06. The van der Waals surface area contributed by atoms with E-state index in [4.69, 9.17) is 14.2 Å². The van der Waals surface area contributed by atoms with E-state index in [1.54, 1.807) is 56.8 Å². The van der Waals surface area contributed by atoms with Gasteiger partial charge < -0.3 is 18.8 Å². The number of fused-ring (bicyclic) bond motifs is 1. The van der Waals surface area contributed by atoms with E-state index in [0.717, 1.165) is 11.3 Å². The van der Waals surface area contributed by atoms with Crippen LogP contribution in [0.4, 0.5) is 0 Å². The molecule has 162 valence electrons. The summed E-state index contributed by atoms with van der Waals surface area (Å²) in [6.45, 7) is 0.450. The van der Waals surface area contributed by atoms with E-state index in [9.17, 15) is 9.59 Å². The molecule has 6 nitrogen and oxygen atoms in total. The van der Waals surface area contributed by atoms with Crippen LogP contribution in [0.3, 0.4) is 0 Å². The number of rotatable bonds is 7. The minimum Gasteiger partial charge on any atom is -0.497 e. The van der Waals surface area contributed by atoms with Crippen LogP contribution in [0.25, 0.3) is 10.9 Å². The molecule has 6 heteroatoms. The van der Waals surface area contributed by atoms with Crippen molar-refractivity contribution in [1.82, 2.24) is 4.57 Å². The van der Waals surface area contributed by atoms with Crippen LogP contribution in [0.1, 0.15) is 21.5 Å². The van der Waals surface area contributed by atoms with Gasteiger partial charge in [0.1, 0.15) is 5.75 Å². The molecule has 0 unspecified atom stereocenters. The molecule has 4 aromatic rings. The van der Waals surface area contributed by atoms with Gasteiger partial charge in [-0.15, -0.1) is 0 Å². The van der Waals surface area contributed by atoms with Crippen molar-refractivity contribution < 1.29 is 19.0 Å². The van der Waals surface area contributed by atoms with Crippen LogP contribution in [0.5, 0.6) is 17.2 Å². The largest absolute Gasteiger partial charge is 0.497 e. The lowest BCUT2D eigenvalue weighted by Crippen LogP contribution is -2.20. The SMILES string of the molecule is COc1ccc(Cn2cc(C(=O)c3ccccc3)c(=O)c3cc(OC)c(OC)cc32)cc1. The molecule has 0 aliphatic rings. The third-order valence-corrected chi connectivity index (χ3v) is 5.38. The molecule has 32 heavy (non-hydrogen) atoms. The summed E-state index contributed by atoms with van der Waals surface area (Å²) in [5, 5.41) is 0.387. The van der Waals surface area contributed by atoms with Crippen LogP contribution in [-0.4, -0.2) is 31.7 Å². The average molecular weight is 429 g/mol. The van der Waals surface area contributed by atoms with Gasteiger partial charge in [-0.25, -0.2) is 0 Å². The standard InChI is InChI=1S/C26H23NO5/c1-30-19-11-9-17(10-12-19)15-27-16-21(25(28)18-7-5-4-6-8-18)26(29)20-13-23(31-2)24(32-3)14-22(20)27/h4-14,16H,15H2,1-3H3. The van der Waals surface area contributed by atoms with Crippen LogP contribution >= 0.6 is 0 Å². The van der Waals surface area contributed by atoms with Crippen LogP contribution in [0.15, 0.2) is 77.7 Å². The Bertz CT molecular complexity index is 1320. The zero-order valence-electron chi connectivity index (χ0n) is 18.1. The number of ketones is 1. The molecule has 0 N–H and O–H groups in total. The number of methoxy groups -OCH3 is 3. The second-order valence-corrected chi connectivity index (χ2v) is 7.27. The van der Waals surface area contributed by atoms with Gasteiger partial charge in [-0.3, -0.25) is 9.59 Å². The number of benzene rings is 3. The normalized spacial score (nSPS) is 10.7. The van der Waals surface area contributed by atoms with Crippen molar-refractivity contribution in [2.24, 2.45) is 0 Å². The highest BCUT2D eigenvalue weighted by atomic mass is 16.5. The predicted octanol–water partition coefficient (Wildman–Crippen LogP) is 4.31. The summed E-state index contributed by atoms with van der Waals surface area (Å²) in [6, 6.07) is 19.8. The third-order valence-electron chi connectivity index (χ3n) is 5.38. The number of ether oxygens (including phenoxy) is 3. The van der Waals surface area contributed by atoms with E-state index < -0.39 is 0 Å². The molecule has 1 aromatic heterocycles. The fourth-order valence-electron chi connectivity index (χ4n) is 3.68. The van der Waals surface area contributed by atoms with E-state index in [-0.39, 0.29) is 16.8 Å². The molecule has 0 fully saturated rings. The van der Waals surface area contributed by atoms with E-state index in [0.29, 0.717) is 34.5 Å². The Kier molecular flexibility index (Phi) is 5.94. The Labute approximate surface area is 185 Å². The molecule has 4 rings (SSSR count). The number of hydrogen-bond acceptors (Lipinski definition) is 5. The maximum absolute atomic E-state index is 13.4. The molecule has 0 atom stereocenters. The number of nitrogens with zero attached hydrogens (tertiary/aromatic N) is 1. The van der Waals surface area contributed by atoms with Gasteiger partial charge in [0.15, 0.2) is 17.3 Å². The summed E-state index contributed by atoms with van der Waals surface area (Å²) in [7, 11) is 4.67. The Morgan fingerprint density at radius 2 is 1.50 bits per heavy atom. The monoisotopic (exact) mass is 429 g/mol. The second kappa shape index (κ2) is 8.98. The summed E-state index contributed by atoms with van der Waals surface area (Å²) in [5.41, 5.74) is 1.85. The summed E-state index contributed by atoms with van der Waals surface area (Å²) < 4.78 is 18.0. The molecule has 0 saturated carbocycles. The minimum absolute atomic E-state index is 0.101. The first-order valence-electron chi connectivity index (χ1n) is 10.1. The number of hydrogen-bond donors (Lipinski definition) is 0. The zero-order valence-corrected chi connectivity index (χ0v) is 18.1. The first-order valence-corrected chi connectivity index (χ1v) is 10.1. The summed E-state index contributed by atoms with van der Waals surface area (Å²) in [5.74, 6) is 1.36. The molecule has 0 aliphatic carbocycles. The van der Waals surface area contributed by atoms with Gasteiger partial charge >= 0.3 is 0 Å². The Morgan fingerprint density at radius 3 is 2.12 bits per heavy atom. The van der Waals surface area contributed by atoms with Gasteiger partial charge in [0.25, 0.3) is 0 Å². The van der Waals surface area contributed by atoms with Gasteiger partial charge in [-0.1, -0.05) is 42.5 Å². The lowest BCUT2D eigenvalue weighted by Gasteiger charge is -2.16. The van der Waals surface area contributed by atoms with Gasteiger partial charge in [-0.05, 0) is 23.8 Å². The van der Waals surface area contributed by atoms with Crippen molar-refractivity contribution in [2.75, 3.05) is 21.3 Å². The van der Waals surface area contributed by atoms with Gasteiger partial charge in [0.2, 0.25) is 5.43 Å². The first kappa shape index (κ1) is 21.2. The van der Waals surface area contributed by atoms with Gasteiger partial charge in [0, 0.05) is 24.4 Å². The smallest absolute Gasteiger partial charge is 0.200 e. The van der Waals surface area contributed by atoms with Crippen LogP contribution < -0.4 is 19.6 Å². The number of carbonyl (C=O) groups is 1. The van der Waals surface area contributed by atoms with Crippen molar-refractivity contribution >= 4 is 16.7 Å². The summed E-state index contributed by atoms with van der Waals surface area (Å²) in [4.78, 5) is 26.5. The summed E-state index contributed by atoms with van der Waals surface area (Å²) in [6.07, 6.45) is 1.62. The molecule has 0 aliphatic heterocycles. The lowest BCUT2D eigenvalue weighted by molar-refractivity contribution is 0.103. The third kappa shape index (κ3) is 3.95. The van der Waals surface area contributed by atoms with Gasteiger partial charge in [-0.2, -0.15) is 0 Å². The second-order valence-electron chi connectivity index (χ2n) is 7.27. The molecular formula is C26H23NO5. The molecule has 0 radical (unpaired) electrons. The van der Waals surface area contributed by atoms with Crippen molar-refractivity contribution in [3.8, 4) is 17.2 Å². The molecular weight excluding hydrogens is 406 g/mol. The van der Waals surface area contributed by atoms with E-state index in [2.05, 4.69) is 0 Å². The highest BCUT2D eigenvalue weighted by Gasteiger charge is 2.19. The average Bonchev–Trinajstić information content (AvgIpc) is 2.85. The van der Waals surface area contributed by atoms with Crippen molar-refractivity contribution in [3.63, 3.8) is 0 Å². The first-order chi connectivity index (χ1) is 15.5. The van der Waals surface area contributed by atoms with Crippen molar-refractivity contribution in [2.45, 2.75) is 6.54 Å². The number of aromatic nitrogens is 1. The lowest BCUT2D eigenvalue weighted by atomic mass is 10.0. The quantitative estimate of drug-likeness (QED) is 0.410. The van der Waals surface area contributed by atoms with Crippen molar-refractivity contribution in [3.05, 3.63) is 99.8 Å². The molecule has 1 heterocycles. The van der Waals surface area contributed by atoms with E-state index in [1.807, 2.05) is 34.9 Å². The van der Waals surface area contributed by atoms with Crippen LogP contribution in [0, 0.1) is 0 Å². The molecule has 0 saturated heterocycles. The van der Waals surface area contributed by atoms with Gasteiger partial charge in [0.05, 0.1) is 37.8 Å². The van der Waals surface area contributed by atoms with Crippen LogP contribution in [0.2, 0.25) is 0 Å². The molecule has 0 amide bonds. The number of pyridine rings is 1. The fourth-order valence-corrected chi connectivity index (χ4v) is 3.68. The topological polar surface area (TPSA) is 66.8 Å². The molecule has 0 spiro atoms. The Morgan fingerprint density at radius 1 is 0.844 bits per heavy atom. The summed E-state index contributed by atoms with van der Waals surface area (Å²) >= 11 is 0. The van der Waals surface area contributed by atoms with E-state index >= 15 is 0 Å². The highest BCUT2D eigenvalue weighted by Crippen LogP contribution is 2.31. The highest BCUT2D eigenvalue weighted by molar-refractivity contribution is 6.10. The molecule has 3 aromatic carbocycles. The predicted molar refractivity (Wildman–Crippen MR) is 123 cm³/mol. The molecule has 0 bridgehead atoms.